The van der Waals surface area contributed by atoms with Crippen molar-refractivity contribution in [3.8, 4) is 11.5 Å². The summed E-state index contributed by atoms with van der Waals surface area (Å²) in [6.07, 6.45) is 1.06. The zero-order valence-electron chi connectivity index (χ0n) is 14.5. The summed E-state index contributed by atoms with van der Waals surface area (Å²) in [5.41, 5.74) is 2.59. The van der Waals surface area contributed by atoms with Crippen molar-refractivity contribution in [2.75, 3.05) is 6.54 Å². The number of halogens is 1. The summed E-state index contributed by atoms with van der Waals surface area (Å²) in [4.78, 5) is 11.9. The standard InChI is InChI=1S/C20H20FN3O2/c1-14-6-8-16(9-7-14)20-24-23-19(26-20)11-10-18(25)22-13-12-15-4-2-3-5-17(15)21/h2-9H,10-13H2,1H3,(H,22,25). The molecule has 0 saturated carbocycles. The summed E-state index contributed by atoms with van der Waals surface area (Å²) in [7, 11) is 0. The summed E-state index contributed by atoms with van der Waals surface area (Å²) < 4.78 is 19.1. The van der Waals surface area contributed by atoms with Crippen LogP contribution in [0.3, 0.4) is 0 Å². The Morgan fingerprint density at radius 3 is 2.62 bits per heavy atom. The summed E-state index contributed by atoms with van der Waals surface area (Å²) >= 11 is 0. The molecule has 0 radical (unpaired) electrons. The number of amides is 1. The van der Waals surface area contributed by atoms with Crippen molar-refractivity contribution in [2.24, 2.45) is 0 Å². The summed E-state index contributed by atoms with van der Waals surface area (Å²) in [5.74, 6) is 0.484. The lowest BCUT2D eigenvalue weighted by Crippen LogP contribution is -2.26. The van der Waals surface area contributed by atoms with Crippen molar-refractivity contribution >= 4 is 5.91 Å². The predicted molar refractivity (Wildman–Crippen MR) is 95.9 cm³/mol. The van der Waals surface area contributed by atoms with E-state index in [9.17, 15) is 9.18 Å². The molecule has 2 aromatic carbocycles. The largest absolute Gasteiger partial charge is 0.421 e. The maximum Gasteiger partial charge on any atom is 0.247 e. The van der Waals surface area contributed by atoms with Gasteiger partial charge in [-0.2, -0.15) is 0 Å². The van der Waals surface area contributed by atoms with Gasteiger partial charge in [0, 0.05) is 24.9 Å². The van der Waals surface area contributed by atoms with Crippen LogP contribution in [0.5, 0.6) is 0 Å². The van der Waals surface area contributed by atoms with Gasteiger partial charge in [0.05, 0.1) is 0 Å². The van der Waals surface area contributed by atoms with Crippen molar-refractivity contribution < 1.29 is 13.6 Å². The van der Waals surface area contributed by atoms with E-state index in [1.165, 1.54) is 6.07 Å². The molecule has 1 heterocycles. The Kier molecular flexibility index (Phi) is 5.73. The van der Waals surface area contributed by atoms with Gasteiger partial charge in [0.25, 0.3) is 0 Å². The highest BCUT2D eigenvalue weighted by Gasteiger charge is 2.10. The lowest BCUT2D eigenvalue weighted by atomic mass is 10.1. The van der Waals surface area contributed by atoms with Gasteiger partial charge < -0.3 is 9.73 Å². The molecule has 5 nitrogen and oxygen atoms in total. The third-order valence-corrected chi connectivity index (χ3v) is 4.01. The number of nitrogens with one attached hydrogen (secondary N) is 1. The monoisotopic (exact) mass is 353 g/mol. The number of aromatic nitrogens is 2. The lowest BCUT2D eigenvalue weighted by molar-refractivity contribution is -0.121. The highest BCUT2D eigenvalue weighted by atomic mass is 19.1. The number of carbonyl (C=O) groups is 1. The van der Waals surface area contributed by atoms with Gasteiger partial charge in [0.1, 0.15) is 5.82 Å². The maximum absolute atomic E-state index is 13.5. The van der Waals surface area contributed by atoms with Gasteiger partial charge in [-0.1, -0.05) is 35.9 Å². The van der Waals surface area contributed by atoms with E-state index in [2.05, 4.69) is 15.5 Å². The van der Waals surface area contributed by atoms with Crippen LogP contribution in [-0.4, -0.2) is 22.6 Å². The average molecular weight is 353 g/mol. The van der Waals surface area contributed by atoms with Crippen LogP contribution in [0, 0.1) is 12.7 Å². The highest BCUT2D eigenvalue weighted by molar-refractivity contribution is 5.76. The Morgan fingerprint density at radius 2 is 1.85 bits per heavy atom. The minimum Gasteiger partial charge on any atom is -0.421 e. The molecule has 0 bridgehead atoms. The summed E-state index contributed by atoms with van der Waals surface area (Å²) in [6, 6.07) is 14.3. The molecule has 1 aromatic heterocycles. The molecule has 0 aliphatic rings. The SMILES string of the molecule is Cc1ccc(-c2nnc(CCC(=O)NCCc3ccccc3F)o2)cc1. The predicted octanol–water partition coefficient (Wildman–Crippen LogP) is 3.48. The Bertz CT molecular complexity index is 875. The first-order valence-corrected chi connectivity index (χ1v) is 8.51. The molecule has 6 heteroatoms. The molecule has 0 aliphatic carbocycles. The minimum atomic E-state index is -0.253. The van der Waals surface area contributed by atoms with E-state index in [1.54, 1.807) is 18.2 Å². The number of rotatable bonds is 7. The summed E-state index contributed by atoms with van der Waals surface area (Å²) in [5, 5.41) is 10.8. The van der Waals surface area contributed by atoms with Crippen molar-refractivity contribution in [3.05, 3.63) is 71.4 Å². The third-order valence-electron chi connectivity index (χ3n) is 4.01. The van der Waals surface area contributed by atoms with Gasteiger partial charge in [-0.25, -0.2) is 4.39 Å². The molecule has 0 saturated heterocycles. The number of hydrogen-bond donors (Lipinski definition) is 1. The van der Waals surface area contributed by atoms with E-state index >= 15 is 0 Å². The van der Waals surface area contributed by atoms with E-state index in [0.29, 0.717) is 36.7 Å². The fourth-order valence-electron chi connectivity index (χ4n) is 2.51. The van der Waals surface area contributed by atoms with Crippen LogP contribution in [-0.2, 0) is 17.6 Å². The van der Waals surface area contributed by atoms with E-state index in [4.69, 9.17) is 4.42 Å². The van der Waals surface area contributed by atoms with Gasteiger partial charge in [-0.15, -0.1) is 10.2 Å². The van der Waals surface area contributed by atoms with Gasteiger partial charge in [-0.05, 0) is 37.1 Å². The molecule has 1 amide bonds. The van der Waals surface area contributed by atoms with Crippen LogP contribution in [0.1, 0.15) is 23.4 Å². The molecule has 1 N–H and O–H groups in total. The Balaban J connectivity index is 1.45. The zero-order chi connectivity index (χ0) is 18.4. The quantitative estimate of drug-likeness (QED) is 0.706. The molecular formula is C20H20FN3O2. The number of benzene rings is 2. The second-order valence-electron chi connectivity index (χ2n) is 6.06. The molecule has 26 heavy (non-hydrogen) atoms. The van der Waals surface area contributed by atoms with E-state index in [1.807, 2.05) is 31.2 Å². The van der Waals surface area contributed by atoms with Crippen molar-refractivity contribution in [3.63, 3.8) is 0 Å². The van der Waals surface area contributed by atoms with Crippen LogP contribution in [0.4, 0.5) is 4.39 Å². The lowest BCUT2D eigenvalue weighted by Gasteiger charge is -2.05. The Morgan fingerprint density at radius 1 is 1.08 bits per heavy atom. The Labute approximate surface area is 151 Å². The molecule has 0 fully saturated rings. The Hall–Kier alpha value is -3.02. The number of carbonyl (C=O) groups excluding carboxylic acids is 1. The highest BCUT2D eigenvalue weighted by Crippen LogP contribution is 2.18. The number of hydrogen-bond acceptors (Lipinski definition) is 4. The number of aryl methyl sites for hydroxylation is 2. The molecule has 0 spiro atoms. The fraction of sp³-hybridized carbons (Fsp3) is 0.250. The van der Waals surface area contributed by atoms with E-state index in [0.717, 1.165) is 11.1 Å². The minimum absolute atomic E-state index is 0.128. The van der Waals surface area contributed by atoms with Crippen molar-refractivity contribution in [1.29, 1.82) is 0 Å². The maximum atomic E-state index is 13.5. The van der Waals surface area contributed by atoms with Gasteiger partial charge >= 0.3 is 0 Å². The number of nitrogens with zero attached hydrogens (tertiary/aromatic N) is 2. The fourth-order valence-corrected chi connectivity index (χ4v) is 2.51. The van der Waals surface area contributed by atoms with E-state index in [-0.39, 0.29) is 18.1 Å². The smallest absolute Gasteiger partial charge is 0.247 e. The molecule has 3 rings (SSSR count). The van der Waals surface area contributed by atoms with Crippen LogP contribution >= 0.6 is 0 Å². The van der Waals surface area contributed by atoms with Crippen LogP contribution in [0.2, 0.25) is 0 Å². The topological polar surface area (TPSA) is 68.0 Å². The second-order valence-corrected chi connectivity index (χ2v) is 6.06. The van der Waals surface area contributed by atoms with Crippen LogP contribution in [0.25, 0.3) is 11.5 Å². The van der Waals surface area contributed by atoms with Crippen LogP contribution in [0.15, 0.2) is 52.9 Å². The van der Waals surface area contributed by atoms with Crippen molar-refractivity contribution in [1.82, 2.24) is 15.5 Å². The van der Waals surface area contributed by atoms with Gasteiger partial charge in [0.2, 0.25) is 17.7 Å². The van der Waals surface area contributed by atoms with E-state index < -0.39 is 0 Å². The summed E-state index contributed by atoms with van der Waals surface area (Å²) in [6.45, 7) is 2.39. The first kappa shape index (κ1) is 17.8. The average Bonchev–Trinajstić information content (AvgIpc) is 3.11. The van der Waals surface area contributed by atoms with Gasteiger partial charge in [0.15, 0.2) is 0 Å². The van der Waals surface area contributed by atoms with Crippen molar-refractivity contribution in [2.45, 2.75) is 26.2 Å². The third kappa shape index (κ3) is 4.75. The molecular weight excluding hydrogens is 333 g/mol. The first-order valence-electron chi connectivity index (χ1n) is 8.51. The molecule has 0 atom stereocenters. The first-order chi connectivity index (χ1) is 12.6. The molecule has 134 valence electrons. The molecule has 3 aromatic rings. The normalized spacial score (nSPS) is 10.7. The molecule has 0 aliphatic heterocycles. The molecule has 0 unspecified atom stereocenters. The van der Waals surface area contributed by atoms with Crippen LogP contribution < -0.4 is 5.32 Å². The zero-order valence-corrected chi connectivity index (χ0v) is 14.5. The second kappa shape index (κ2) is 8.38. The van der Waals surface area contributed by atoms with Gasteiger partial charge in [-0.3, -0.25) is 4.79 Å².